The van der Waals surface area contributed by atoms with Crippen LogP contribution in [0.15, 0.2) is 0 Å². The Kier molecular flexibility index (Phi) is 2.20. The van der Waals surface area contributed by atoms with Gasteiger partial charge in [-0.25, -0.2) is 0 Å². The summed E-state index contributed by atoms with van der Waals surface area (Å²) in [6.45, 7) is 9.99. The zero-order valence-corrected chi connectivity index (χ0v) is 11.4. The first-order chi connectivity index (χ1) is 7.86. The van der Waals surface area contributed by atoms with E-state index in [1.807, 2.05) is 0 Å². The Balaban J connectivity index is 1.74. The van der Waals surface area contributed by atoms with Gasteiger partial charge in [0.15, 0.2) is 0 Å². The molecule has 2 unspecified atom stereocenters. The van der Waals surface area contributed by atoms with Gasteiger partial charge in [-0.05, 0) is 36.5 Å². The highest BCUT2D eigenvalue weighted by Crippen LogP contribution is 2.53. The normalized spacial score (nSPS) is 37.0. The molecule has 0 aromatic carbocycles. The van der Waals surface area contributed by atoms with E-state index in [0.29, 0.717) is 23.2 Å². The summed E-state index contributed by atoms with van der Waals surface area (Å²) >= 11 is 0. The minimum Gasteiger partial charge on any atom is -0.325 e. The second-order valence-electron chi connectivity index (χ2n) is 7.26. The molecule has 1 amide bonds. The first-order valence-corrected chi connectivity index (χ1v) is 6.94. The molecule has 0 radical (unpaired) electrons. The molecule has 3 nitrogen and oxygen atoms in total. The summed E-state index contributed by atoms with van der Waals surface area (Å²) in [6.07, 6.45) is 3.62. The predicted octanol–water partition coefficient (Wildman–Crippen LogP) is 1.98. The van der Waals surface area contributed by atoms with Crippen molar-refractivity contribution in [3.8, 4) is 0 Å². The highest BCUT2D eigenvalue weighted by atomic mass is 16.2. The molecule has 1 heterocycles. The van der Waals surface area contributed by atoms with Gasteiger partial charge in [-0.15, -0.1) is 0 Å². The maximum Gasteiger partial charge on any atom is 0.244 e. The van der Waals surface area contributed by atoms with E-state index in [4.69, 9.17) is 0 Å². The van der Waals surface area contributed by atoms with Crippen molar-refractivity contribution >= 4 is 5.91 Å². The van der Waals surface area contributed by atoms with Gasteiger partial charge in [0.25, 0.3) is 0 Å². The second kappa shape index (κ2) is 3.25. The predicted molar refractivity (Wildman–Crippen MR) is 67.3 cm³/mol. The average molecular weight is 236 g/mol. The lowest BCUT2D eigenvalue weighted by atomic mass is 10.1. The van der Waals surface area contributed by atoms with Crippen LogP contribution >= 0.6 is 0 Å². The lowest BCUT2D eigenvalue weighted by Gasteiger charge is -2.27. The summed E-state index contributed by atoms with van der Waals surface area (Å²) in [5.74, 6) is 1.59. The lowest BCUT2D eigenvalue weighted by Crippen LogP contribution is -2.42. The SMILES string of the molecule is CC(C)C1NC2(CC2)C(=O)N1CC1CC1(C)C. The third-order valence-corrected chi connectivity index (χ3v) is 4.95. The highest BCUT2D eigenvalue weighted by molar-refractivity contribution is 5.91. The minimum atomic E-state index is -0.145. The number of nitrogens with zero attached hydrogens (tertiary/aromatic N) is 1. The van der Waals surface area contributed by atoms with Crippen molar-refractivity contribution in [1.29, 1.82) is 0 Å². The van der Waals surface area contributed by atoms with Crippen molar-refractivity contribution in [3.05, 3.63) is 0 Å². The second-order valence-corrected chi connectivity index (χ2v) is 7.26. The maximum atomic E-state index is 12.4. The first kappa shape index (κ1) is 11.5. The van der Waals surface area contributed by atoms with Gasteiger partial charge in [0.1, 0.15) is 0 Å². The minimum absolute atomic E-state index is 0.145. The fourth-order valence-electron chi connectivity index (χ4n) is 3.16. The van der Waals surface area contributed by atoms with Crippen molar-refractivity contribution in [2.24, 2.45) is 17.3 Å². The van der Waals surface area contributed by atoms with Crippen LogP contribution in [0.4, 0.5) is 0 Å². The van der Waals surface area contributed by atoms with Gasteiger partial charge in [-0.2, -0.15) is 0 Å². The lowest BCUT2D eigenvalue weighted by molar-refractivity contribution is -0.131. The van der Waals surface area contributed by atoms with E-state index >= 15 is 0 Å². The number of carbonyl (C=O) groups is 1. The van der Waals surface area contributed by atoms with Gasteiger partial charge in [-0.3, -0.25) is 10.1 Å². The Hall–Kier alpha value is -0.570. The molecule has 17 heavy (non-hydrogen) atoms. The molecule has 0 aromatic rings. The Labute approximate surface area is 104 Å². The molecule has 3 heteroatoms. The number of nitrogens with one attached hydrogen (secondary N) is 1. The number of amides is 1. The zero-order valence-electron chi connectivity index (χ0n) is 11.4. The van der Waals surface area contributed by atoms with Crippen molar-refractivity contribution in [2.45, 2.75) is 58.7 Å². The van der Waals surface area contributed by atoms with Crippen LogP contribution in [0.1, 0.15) is 47.0 Å². The molecule has 0 bridgehead atoms. The molecular formula is C14H24N2O. The molecule has 2 atom stereocenters. The van der Waals surface area contributed by atoms with Crippen LogP contribution in [0.25, 0.3) is 0 Å². The number of rotatable bonds is 3. The fourth-order valence-corrected chi connectivity index (χ4v) is 3.16. The van der Waals surface area contributed by atoms with Crippen LogP contribution in [0, 0.1) is 17.3 Å². The third-order valence-electron chi connectivity index (χ3n) is 4.95. The Morgan fingerprint density at radius 1 is 1.41 bits per heavy atom. The van der Waals surface area contributed by atoms with Crippen LogP contribution in [0.5, 0.6) is 0 Å². The van der Waals surface area contributed by atoms with Crippen LogP contribution in [0.3, 0.4) is 0 Å². The Bertz CT molecular complexity index is 357. The van der Waals surface area contributed by atoms with Crippen molar-refractivity contribution in [3.63, 3.8) is 0 Å². The quantitative estimate of drug-likeness (QED) is 0.812. The third kappa shape index (κ3) is 1.70. The summed E-state index contributed by atoms with van der Waals surface area (Å²) in [7, 11) is 0. The van der Waals surface area contributed by atoms with E-state index in [1.54, 1.807) is 0 Å². The first-order valence-electron chi connectivity index (χ1n) is 6.94. The molecule has 3 fully saturated rings. The van der Waals surface area contributed by atoms with Gasteiger partial charge < -0.3 is 4.90 Å². The number of carbonyl (C=O) groups excluding carboxylic acids is 1. The molecule has 2 saturated carbocycles. The monoisotopic (exact) mass is 236 g/mol. The van der Waals surface area contributed by atoms with Crippen LogP contribution in [-0.4, -0.2) is 29.1 Å². The van der Waals surface area contributed by atoms with Crippen molar-refractivity contribution in [1.82, 2.24) is 10.2 Å². The van der Waals surface area contributed by atoms with Gasteiger partial charge in [0.05, 0.1) is 11.7 Å². The summed E-state index contributed by atoms with van der Waals surface area (Å²) in [4.78, 5) is 14.6. The molecule has 1 spiro atoms. The van der Waals surface area contributed by atoms with E-state index in [0.717, 1.165) is 19.4 Å². The molecule has 0 aromatic heterocycles. The molecule has 2 aliphatic carbocycles. The van der Waals surface area contributed by atoms with E-state index in [2.05, 4.69) is 37.9 Å². The summed E-state index contributed by atoms with van der Waals surface area (Å²) in [6, 6.07) is 0. The van der Waals surface area contributed by atoms with Crippen LogP contribution in [-0.2, 0) is 4.79 Å². The van der Waals surface area contributed by atoms with Gasteiger partial charge >= 0.3 is 0 Å². The van der Waals surface area contributed by atoms with Crippen LogP contribution in [0.2, 0.25) is 0 Å². The van der Waals surface area contributed by atoms with Crippen LogP contribution < -0.4 is 5.32 Å². The maximum absolute atomic E-state index is 12.4. The molecule has 3 rings (SSSR count). The summed E-state index contributed by atoms with van der Waals surface area (Å²) in [5, 5.41) is 3.58. The van der Waals surface area contributed by atoms with Crippen molar-refractivity contribution in [2.75, 3.05) is 6.54 Å². The molecule has 1 aliphatic heterocycles. The van der Waals surface area contributed by atoms with Gasteiger partial charge in [-0.1, -0.05) is 27.7 Å². The smallest absolute Gasteiger partial charge is 0.244 e. The summed E-state index contributed by atoms with van der Waals surface area (Å²) in [5.41, 5.74) is 0.315. The molecule has 1 N–H and O–H groups in total. The topological polar surface area (TPSA) is 32.3 Å². The largest absolute Gasteiger partial charge is 0.325 e. The highest BCUT2D eigenvalue weighted by Gasteiger charge is 2.60. The molecular weight excluding hydrogens is 212 g/mol. The van der Waals surface area contributed by atoms with Gasteiger partial charge in [0.2, 0.25) is 5.91 Å². The average Bonchev–Trinajstić information content (AvgIpc) is 3.07. The van der Waals surface area contributed by atoms with E-state index < -0.39 is 0 Å². The van der Waals surface area contributed by atoms with E-state index in [-0.39, 0.29) is 11.7 Å². The number of hydrogen-bond acceptors (Lipinski definition) is 2. The Morgan fingerprint density at radius 3 is 2.41 bits per heavy atom. The molecule has 1 saturated heterocycles. The zero-order chi connectivity index (χ0) is 12.4. The Morgan fingerprint density at radius 2 is 2.00 bits per heavy atom. The van der Waals surface area contributed by atoms with E-state index in [1.165, 1.54) is 6.42 Å². The number of hydrogen-bond donors (Lipinski definition) is 1. The molecule has 3 aliphatic rings. The fraction of sp³-hybridized carbons (Fsp3) is 0.929. The molecule has 96 valence electrons. The standard InChI is InChI=1S/C14H24N2O/c1-9(2)11-15-14(5-6-14)12(17)16(11)8-10-7-13(10,3)4/h9-11,15H,5-8H2,1-4H3. The van der Waals surface area contributed by atoms with E-state index in [9.17, 15) is 4.79 Å². The van der Waals surface area contributed by atoms with Crippen molar-refractivity contribution < 1.29 is 4.79 Å². The van der Waals surface area contributed by atoms with Gasteiger partial charge in [0, 0.05) is 6.54 Å². The summed E-state index contributed by atoms with van der Waals surface area (Å²) < 4.78 is 0.